The molecule has 6 heteroatoms. The van der Waals surface area contributed by atoms with Crippen LogP contribution in [0.15, 0.2) is 48.5 Å². The number of hydrogen-bond acceptors (Lipinski definition) is 3. The van der Waals surface area contributed by atoms with E-state index in [1.807, 2.05) is 18.2 Å². The van der Waals surface area contributed by atoms with Gasteiger partial charge in [-0.1, -0.05) is 24.3 Å². The van der Waals surface area contributed by atoms with E-state index in [0.29, 0.717) is 24.2 Å². The van der Waals surface area contributed by atoms with E-state index in [-0.39, 0.29) is 11.9 Å². The van der Waals surface area contributed by atoms with Crippen molar-refractivity contribution < 1.29 is 9.59 Å². The molecule has 2 aromatic rings. The Hall–Kier alpha value is -3.33. The second-order valence-corrected chi connectivity index (χ2v) is 5.60. The van der Waals surface area contributed by atoms with Crippen molar-refractivity contribution in [2.24, 2.45) is 0 Å². The fourth-order valence-corrected chi connectivity index (χ4v) is 2.31. The first-order chi connectivity index (χ1) is 12.0. The Morgan fingerprint density at radius 2 is 1.84 bits per heavy atom. The van der Waals surface area contributed by atoms with Crippen LogP contribution in [0.25, 0.3) is 0 Å². The first-order valence-corrected chi connectivity index (χ1v) is 7.82. The minimum atomic E-state index is -0.213. The summed E-state index contributed by atoms with van der Waals surface area (Å²) in [7, 11) is 3.28. The highest BCUT2D eigenvalue weighted by Gasteiger charge is 2.10. The highest BCUT2D eigenvalue weighted by atomic mass is 16.2. The van der Waals surface area contributed by atoms with E-state index in [1.54, 1.807) is 49.3 Å². The zero-order valence-corrected chi connectivity index (χ0v) is 14.2. The minimum Gasteiger partial charge on any atom is -0.355 e. The Labute approximate surface area is 147 Å². The number of carbonyl (C=O) groups excluding carboxylic acids is 2. The Kier molecular flexibility index (Phi) is 6.13. The highest BCUT2D eigenvalue weighted by Crippen LogP contribution is 2.08. The number of rotatable bonds is 5. The molecule has 0 atom stereocenters. The van der Waals surface area contributed by atoms with Gasteiger partial charge in [0.25, 0.3) is 5.91 Å². The number of nitrogens with zero attached hydrogens (tertiary/aromatic N) is 2. The van der Waals surface area contributed by atoms with E-state index in [0.717, 1.165) is 11.1 Å². The summed E-state index contributed by atoms with van der Waals surface area (Å²) in [5.74, 6) is -0.161. The van der Waals surface area contributed by atoms with Crippen LogP contribution in [-0.4, -0.2) is 30.9 Å². The van der Waals surface area contributed by atoms with Crippen molar-refractivity contribution in [3.8, 4) is 6.07 Å². The monoisotopic (exact) mass is 336 g/mol. The Bertz CT molecular complexity index is 794. The summed E-state index contributed by atoms with van der Waals surface area (Å²) in [5, 5.41) is 14.2. The predicted octanol–water partition coefficient (Wildman–Crippen LogP) is 2.26. The van der Waals surface area contributed by atoms with Gasteiger partial charge in [0, 0.05) is 32.7 Å². The third-order valence-corrected chi connectivity index (χ3v) is 3.71. The number of urea groups is 1. The van der Waals surface area contributed by atoms with Crippen LogP contribution in [0, 0.1) is 11.3 Å². The lowest BCUT2D eigenvalue weighted by Crippen LogP contribution is -2.36. The largest absolute Gasteiger partial charge is 0.355 e. The quantitative estimate of drug-likeness (QED) is 0.878. The Balaban J connectivity index is 1.90. The molecule has 2 N–H and O–H groups in total. The SMILES string of the molecule is CNC(=O)c1cccc(CNC(=O)N(C)Cc2ccc(C#N)cc2)c1. The number of hydrogen-bond donors (Lipinski definition) is 2. The van der Waals surface area contributed by atoms with Crippen LogP contribution in [-0.2, 0) is 13.1 Å². The number of carbonyl (C=O) groups is 2. The molecule has 2 aromatic carbocycles. The third-order valence-electron chi connectivity index (χ3n) is 3.71. The van der Waals surface area contributed by atoms with E-state index in [9.17, 15) is 9.59 Å². The molecule has 25 heavy (non-hydrogen) atoms. The van der Waals surface area contributed by atoms with Gasteiger partial charge >= 0.3 is 6.03 Å². The molecule has 0 fully saturated rings. The molecule has 6 nitrogen and oxygen atoms in total. The van der Waals surface area contributed by atoms with Crippen LogP contribution >= 0.6 is 0 Å². The second-order valence-electron chi connectivity index (χ2n) is 5.60. The van der Waals surface area contributed by atoms with Crippen molar-refractivity contribution in [2.75, 3.05) is 14.1 Å². The first kappa shape index (κ1) is 18.0. The molecule has 0 aliphatic carbocycles. The molecule has 0 heterocycles. The molecule has 0 aromatic heterocycles. The average Bonchev–Trinajstić information content (AvgIpc) is 2.66. The Morgan fingerprint density at radius 1 is 1.12 bits per heavy atom. The standard InChI is InChI=1S/C19H20N4O2/c1-21-18(24)17-5-3-4-16(10-17)12-22-19(25)23(2)13-15-8-6-14(11-20)7-9-15/h3-10H,12-13H2,1-2H3,(H,21,24)(H,22,25). The molecule has 0 bridgehead atoms. The van der Waals surface area contributed by atoms with Gasteiger partial charge in [-0.2, -0.15) is 5.26 Å². The maximum atomic E-state index is 12.2. The maximum absolute atomic E-state index is 12.2. The van der Waals surface area contributed by atoms with Gasteiger partial charge in [-0.05, 0) is 35.4 Å². The fourth-order valence-electron chi connectivity index (χ4n) is 2.31. The first-order valence-electron chi connectivity index (χ1n) is 7.82. The lowest BCUT2D eigenvalue weighted by molar-refractivity contribution is 0.0963. The number of nitriles is 1. The number of amides is 3. The zero-order valence-electron chi connectivity index (χ0n) is 14.2. The van der Waals surface area contributed by atoms with Gasteiger partial charge < -0.3 is 15.5 Å². The number of nitrogens with one attached hydrogen (secondary N) is 2. The molecule has 0 spiro atoms. The summed E-state index contributed by atoms with van der Waals surface area (Å²) in [4.78, 5) is 25.4. The maximum Gasteiger partial charge on any atom is 0.317 e. The van der Waals surface area contributed by atoms with Gasteiger partial charge in [0.05, 0.1) is 11.6 Å². The third kappa shape index (κ3) is 5.08. The molecule has 128 valence electrons. The van der Waals surface area contributed by atoms with Crippen LogP contribution in [0.4, 0.5) is 4.79 Å². The summed E-state index contributed by atoms with van der Waals surface area (Å²) < 4.78 is 0. The van der Waals surface area contributed by atoms with Gasteiger partial charge in [0.1, 0.15) is 0 Å². The summed E-state index contributed by atoms with van der Waals surface area (Å²) in [5.41, 5.74) is 2.94. The van der Waals surface area contributed by atoms with Crippen LogP contribution < -0.4 is 10.6 Å². The molecular formula is C19H20N4O2. The second kappa shape index (κ2) is 8.50. The van der Waals surface area contributed by atoms with Crippen LogP contribution in [0.3, 0.4) is 0 Å². The fraction of sp³-hybridized carbons (Fsp3) is 0.211. The molecule has 0 aliphatic rings. The van der Waals surface area contributed by atoms with Crippen LogP contribution in [0.5, 0.6) is 0 Å². The molecule has 0 aliphatic heterocycles. The lowest BCUT2D eigenvalue weighted by atomic mass is 10.1. The van der Waals surface area contributed by atoms with Crippen LogP contribution in [0.1, 0.15) is 27.0 Å². The van der Waals surface area contributed by atoms with Crippen molar-refractivity contribution in [1.29, 1.82) is 5.26 Å². The Morgan fingerprint density at radius 3 is 2.48 bits per heavy atom. The molecular weight excluding hydrogens is 316 g/mol. The van der Waals surface area contributed by atoms with Crippen molar-refractivity contribution in [3.05, 3.63) is 70.8 Å². The molecule has 3 amide bonds. The van der Waals surface area contributed by atoms with Crippen molar-refractivity contribution in [3.63, 3.8) is 0 Å². The van der Waals surface area contributed by atoms with E-state index < -0.39 is 0 Å². The zero-order chi connectivity index (χ0) is 18.2. The van der Waals surface area contributed by atoms with Crippen molar-refractivity contribution >= 4 is 11.9 Å². The van der Waals surface area contributed by atoms with Crippen LogP contribution in [0.2, 0.25) is 0 Å². The number of benzene rings is 2. The van der Waals surface area contributed by atoms with Crippen molar-refractivity contribution in [2.45, 2.75) is 13.1 Å². The van der Waals surface area contributed by atoms with E-state index >= 15 is 0 Å². The van der Waals surface area contributed by atoms with E-state index in [2.05, 4.69) is 16.7 Å². The summed E-state index contributed by atoms with van der Waals surface area (Å²) in [6.45, 7) is 0.775. The predicted molar refractivity (Wildman–Crippen MR) is 94.7 cm³/mol. The average molecular weight is 336 g/mol. The van der Waals surface area contributed by atoms with E-state index in [4.69, 9.17) is 5.26 Å². The van der Waals surface area contributed by atoms with Gasteiger partial charge in [-0.3, -0.25) is 4.79 Å². The molecule has 0 unspecified atom stereocenters. The highest BCUT2D eigenvalue weighted by molar-refractivity contribution is 5.94. The smallest absolute Gasteiger partial charge is 0.317 e. The molecule has 0 saturated carbocycles. The summed E-state index contributed by atoms with van der Waals surface area (Å²) >= 11 is 0. The van der Waals surface area contributed by atoms with Gasteiger partial charge in [0.2, 0.25) is 0 Å². The van der Waals surface area contributed by atoms with Gasteiger partial charge in [0.15, 0.2) is 0 Å². The summed E-state index contributed by atoms with van der Waals surface area (Å²) in [6, 6.07) is 16.1. The van der Waals surface area contributed by atoms with Gasteiger partial charge in [-0.25, -0.2) is 4.79 Å². The molecule has 0 radical (unpaired) electrons. The molecule has 2 rings (SSSR count). The minimum absolute atomic E-state index is 0.161. The molecule has 0 saturated heterocycles. The normalized spacial score (nSPS) is 9.80. The lowest BCUT2D eigenvalue weighted by Gasteiger charge is -2.18. The van der Waals surface area contributed by atoms with E-state index in [1.165, 1.54) is 0 Å². The summed E-state index contributed by atoms with van der Waals surface area (Å²) in [6.07, 6.45) is 0. The van der Waals surface area contributed by atoms with Crippen molar-refractivity contribution in [1.82, 2.24) is 15.5 Å². The van der Waals surface area contributed by atoms with Gasteiger partial charge in [-0.15, -0.1) is 0 Å². The topological polar surface area (TPSA) is 85.2 Å².